The van der Waals surface area contributed by atoms with Gasteiger partial charge in [-0.2, -0.15) is 9.97 Å². The number of nitrogens with two attached hydrogens (primary N) is 1. The van der Waals surface area contributed by atoms with Crippen LogP contribution in [-0.2, 0) is 0 Å². The lowest BCUT2D eigenvalue weighted by Crippen LogP contribution is -2.50. The number of rotatable bonds is 4. The van der Waals surface area contributed by atoms with Crippen LogP contribution in [0.1, 0.15) is 14.4 Å². The first-order chi connectivity index (χ1) is 16.8. The Labute approximate surface area is 219 Å². The minimum Gasteiger partial charge on any atom is -0.384 e. The number of likely N-dealkylation sites (N-methyl/N-ethyl adjacent to an activating group) is 1. The molecule has 1 aliphatic heterocycles. The Morgan fingerprint density at radius 2 is 1.75 bits per heavy atom. The van der Waals surface area contributed by atoms with Crippen molar-refractivity contribution in [3.8, 4) is 5.69 Å². The van der Waals surface area contributed by atoms with Gasteiger partial charge in [-0.3, -0.25) is 0 Å². The molecule has 3 heterocycles. The van der Waals surface area contributed by atoms with Gasteiger partial charge in [-0.15, -0.1) is 0 Å². The zero-order valence-corrected chi connectivity index (χ0v) is 20.8. The number of fused-ring (bicyclic) bond motifs is 1. The van der Waals surface area contributed by atoms with Crippen molar-refractivity contribution in [3.05, 3.63) is 69.2 Å². The van der Waals surface area contributed by atoms with Gasteiger partial charge in [0, 0.05) is 43.2 Å². The van der Waals surface area contributed by atoms with Gasteiger partial charge in [0.1, 0.15) is 5.82 Å². The van der Waals surface area contributed by atoms with E-state index in [4.69, 9.17) is 28.9 Å². The third-order valence-electron chi connectivity index (χ3n) is 6.13. The Morgan fingerprint density at radius 1 is 1.06 bits per heavy atom. The summed E-state index contributed by atoms with van der Waals surface area (Å²) in [4.78, 5) is 30.4. The van der Waals surface area contributed by atoms with Crippen molar-refractivity contribution >= 4 is 57.4 Å². The molecule has 0 radical (unpaired) electrons. The molecule has 11 heteroatoms. The highest BCUT2D eigenvalue weighted by atomic mass is 35.5. The molecule has 4 aromatic rings. The molecule has 2 aromatic carbocycles. The van der Waals surface area contributed by atoms with Crippen LogP contribution >= 0.6 is 23.2 Å². The van der Waals surface area contributed by atoms with Gasteiger partial charge < -0.3 is 20.9 Å². The van der Waals surface area contributed by atoms with E-state index in [9.17, 15) is 4.79 Å². The van der Waals surface area contributed by atoms with Crippen LogP contribution in [0.5, 0.6) is 0 Å². The average Bonchev–Trinajstić information content (AvgIpc) is 2.81. The Hall–Kier alpha value is -3.40. The molecular weight excluding hydrogens is 499 g/mol. The van der Waals surface area contributed by atoms with Gasteiger partial charge in [-0.05, 0) is 50.4 Å². The molecule has 1 aliphatic rings. The van der Waals surface area contributed by atoms with E-state index in [0.717, 1.165) is 25.3 Å². The van der Waals surface area contributed by atoms with Crippen LogP contribution in [0.15, 0.2) is 53.5 Å². The lowest BCUT2D eigenvalue weighted by atomic mass is 10.1. The maximum Gasteiger partial charge on any atom is 0.355 e. The van der Waals surface area contributed by atoms with Crippen molar-refractivity contribution < 1.29 is 0 Å². The third-order valence-corrected chi connectivity index (χ3v) is 6.74. The summed E-state index contributed by atoms with van der Waals surface area (Å²) in [7, 11) is 2.15. The molecule has 0 saturated carbocycles. The van der Waals surface area contributed by atoms with Crippen LogP contribution in [0.3, 0.4) is 0 Å². The number of hydrogen-bond donors (Lipinski definition) is 2. The minimum atomic E-state index is -0.639. The second kappa shape index (κ2) is 10.3. The molecule has 3 N–H and O–H groups in total. The highest BCUT2D eigenvalue weighted by molar-refractivity contribution is 6.37. The van der Waals surface area contributed by atoms with Gasteiger partial charge in [0.05, 0.1) is 21.1 Å². The SMILES string of the molecule is C.C[C@H]1CN(C)CCN1c1ccc(Nc2ncc3c(N)n(-c4c(Cl)cccc4Cl)c(=O)nc3n2)cc1. The number of nitrogens with zero attached hydrogens (tertiary/aromatic N) is 6. The number of halogens is 2. The van der Waals surface area contributed by atoms with E-state index in [1.54, 1.807) is 18.2 Å². The molecule has 0 spiro atoms. The van der Waals surface area contributed by atoms with Crippen LogP contribution in [0.4, 0.5) is 23.1 Å². The lowest BCUT2D eigenvalue weighted by molar-refractivity contribution is 0.275. The van der Waals surface area contributed by atoms with Crippen molar-refractivity contribution in [2.45, 2.75) is 20.4 Å². The largest absolute Gasteiger partial charge is 0.384 e. The van der Waals surface area contributed by atoms with E-state index in [0.29, 0.717) is 17.4 Å². The molecule has 5 rings (SSSR count). The Balaban J connectivity index is 0.00000304. The smallest absolute Gasteiger partial charge is 0.355 e. The number of piperazine rings is 1. The van der Waals surface area contributed by atoms with Crippen molar-refractivity contribution in [3.63, 3.8) is 0 Å². The summed E-state index contributed by atoms with van der Waals surface area (Å²) >= 11 is 12.6. The molecule has 1 fully saturated rings. The van der Waals surface area contributed by atoms with Crippen LogP contribution < -0.4 is 21.6 Å². The average molecular weight is 527 g/mol. The number of nitrogens with one attached hydrogen (secondary N) is 1. The van der Waals surface area contributed by atoms with Crippen molar-refractivity contribution in [2.24, 2.45) is 0 Å². The summed E-state index contributed by atoms with van der Waals surface area (Å²) in [5.41, 5.74) is 8.09. The molecule has 9 nitrogen and oxygen atoms in total. The monoisotopic (exact) mass is 526 g/mol. The second-order valence-corrected chi connectivity index (χ2v) is 9.41. The fourth-order valence-electron chi connectivity index (χ4n) is 4.37. The topological polar surface area (TPSA) is 105 Å². The first-order valence-corrected chi connectivity index (χ1v) is 11.9. The molecular formula is C25H28Cl2N8O. The normalized spacial score (nSPS) is 16.1. The van der Waals surface area contributed by atoms with Gasteiger partial charge in [-0.1, -0.05) is 36.7 Å². The molecule has 1 saturated heterocycles. The predicted octanol–water partition coefficient (Wildman–Crippen LogP) is 4.58. The van der Waals surface area contributed by atoms with E-state index < -0.39 is 5.69 Å². The molecule has 2 aromatic heterocycles. The molecule has 1 atom stereocenters. The maximum atomic E-state index is 12.8. The molecule has 0 unspecified atom stereocenters. The van der Waals surface area contributed by atoms with Crippen molar-refractivity contribution in [2.75, 3.05) is 42.6 Å². The van der Waals surface area contributed by atoms with Crippen molar-refractivity contribution in [1.29, 1.82) is 0 Å². The maximum absolute atomic E-state index is 12.8. The number of nitrogen functional groups attached to an aromatic ring is 1. The van der Waals surface area contributed by atoms with Gasteiger partial charge in [-0.25, -0.2) is 14.3 Å². The van der Waals surface area contributed by atoms with Crippen LogP contribution in [-0.4, -0.2) is 57.1 Å². The van der Waals surface area contributed by atoms with E-state index in [-0.39, 0.29) is 34.6 Å². The molecule has 0 bridgehead atoms. The highest BCUT2D eigenvalue weighted by Gasteiger charge is 2.21. The summed E-state index contributed by atoms with van der Waals surface area (Å²) < 4.78 is 1.17. The zero-order valence-electron chi connectivity index (χ0n) is 19.2. The van der Waals surface area contributed by atoms with Gasteiger partial charge >= 0.3 is 5.69 Å². The number of anilines is 4. The molecule has 188 valence electrons. The standard InChI is InChI=1S/C24H24Cl2N8O.CH4/c1-14-13-32(2)10-11-33(14)16-8-6-15(7-9-16)29-23-28-12-17-21(27)34(24(35)31-22(17)30-23)20-18(25)4-3-5-19(20)26;/h3-9,12,14H,10-11,13,27H2,1-2H3,(H,29,30,31,35);1H4/t14-;/m0./s1. The summed E-state index contributed by atoms with van der Waals surface area (Å²) in [6.45, 7) is 5.29. The molecule has 36 heavy (non-hydrogen) atoms. The Bertz CT molecular complexity index is 1440. The summed E-state index contributed by atoms with van der Waals surface area (Å²) in [5.74, 6) is 0.408. The predicted molar refractivity (Wildman–Crippen MR) is 148 cm³/mol. The van der Waals surface area contributed by atoms with Gasteiger partial charge in [0.15, 0.2) is 5.65 Å². The highest BCUT2D eigenvalue weighted by Crippen LogP contribution is 2.30. The van der Waals surface area contributed by atoms with E-state index in [1.165, 1.54) is 16.5 Å². The quantitative estimate of drug-likeness (QED) is 0.397. The second-order valence-electron chi connectivity index (χ2n) is 8.59. The zero-order chi connectivity index (χ0) is 24.7. The number of hydrogen-bond acceptors (Lipinski definition) is 8. The molecule has 0 aliphatic carbocycles. The Kier molecular flexibility index (Phi) is 7.35. The van der Waals surface area contributed by atoms with E-state index in [1.807, 2.05) is 12.1 Å². The first kappa shape index (κ1) is 25.7. The molecule has 0 amide bonds. The lowest BCUT2D eigenvalue weighted by Gasteiger charge is -2.39. The summed E-state index contributed by atoms with van der Waals surface area (Å²) in [6.07, 6.45) is 1.52. The number of para-hydroxylation sites is 1. The van der Waals surface area contributed by atoms with Crippen LogP contribution in [0.2, 0.25) is 10.0 Å². The van der Waals surface area contributed by atoms with Gasteiger partial charge in [0.2, 0.25) is 5.95 Å². The van der Waals surface area contributed by atoms with Crippen molar-refractivity contribution in [1.82, 2.24) is 24.4 Å². The fraction of sp³-hybridized carbons (Fsp3) is 0.280. The first-order valence-electron chi connectivity index (χ1n) is 11.1. The number of benzene rings is 2. The Morgan fingerprint density at radius 3 is 2.42 bits per heavy atom. The fourth-order valence-corrected chi connectivity index (χ4v) is 4.94. The van der Waals surface area contributed by atoms with Gasteiger partial charge in [0.25, 0.3) is 0 Å². The third kappa shape index (κ3) is 4.82. The van der Waals surface area contributed by atoms with E-state index >= 15 is 0 Å². The van der Waals surface area contributed by atoms with Crippen LogP contribution in [0.25, 0.3) is 16.7 Å². The minimum absolute atomic E-state index is 0. The van der Waals surface area contributed by atoms with E-state index in [2.05, 4.69) is 56.2 Å². The number of aromatic nitrogens is 4. The summed E-state index contributed by atoms with van der Waals surface area (Å²) in [5, 5.41) is 4.13. The summed E-state index contributed by atoms with van der Waals surface area (Å²) in [6, 6.07) is 13.5. The van der Waals surface area contributed by atoms with Crippen LogP contribution in [0, 0.1) is 0 Å².